The average molecular weight is 395 g/mol. The number of carbonyl (C=O) groups is 1. The lowest BCUT2D eigenvalue weighted by atomic mass is 9.96. The zero-order valence-corrected chi connectivity index (χ0v) is 15.6. The fourth-order valence-corrected chi connectivity index (χ4v) is 3.84. The second kappa shape index (κ2) is 8.28. The van der Waals surface area contributed by atoms with Gasteiger partial charge in [-0.1, -0.05) is 35.5 Å². The Balaban J connectivity index is 0.00000225. The van der Waals surface area contributed by atoms with Crippen LogP contribution < -0.4 is 5.10 Å². The van der Waals surface area contributed by atoms with E-state index in [2.05, 4.69) is 39.7 Å². The van der Waals surface area contributed by atoms with E-state index in [0.717, 1.165) is 33.9 Å². The predicted octanol–water partition coefficient (Wildman–Crippen LogP) is 2.55. The van der Waals surface area contributed by atoms with Crippen molar-refractivity contribution in [2.75, 3.05) is 5.75 Å². The number of thioether (sulfide) groups is 1. The van der Waals surface area contributed by atoms with Gasteiger partial charge in [-0.25, -0.2) is 0 Å². The van der Waals surface area contributed by atoms with E-state index in [1.165, 1.54) is 22.9 Å². The summed E-state index contributed by atoms with van der Waals surface area (Å²) in [6.07, 6.45) is 5.67. The highest BCUT2D eigenvalue weighted by Gasteiger charge is 2.23. The Hall–Kier alpha value is -3.10. The summed E-state index contributed by atoms with van der Waals surface area (Å²) >= 11 is 1.21. The maximum Gasteiger partial charge on any atom is 0.314 e. The lowest BCUT2D eigenvalue weighted by Crippen LogP contribution is -2.62. The molecule has 0 amide bonds. The van der Waals surface area contributed by atoms with Crippen LogP contribution in [0.25, 0.3) is 17.2 Å². The predicted molar refractivity (Wildman–Crippen MR) is 109 cm³/mol. The molecule has 7 nitrogen and oxygen atoms in total. The Morgan fingerprint density at radius 2 is 2.00 bits per heavy atom. The summed E-state index contributed by atoms with van der Waals surface area (Å²) in [5.41, 5.74) is 6.33. The molecule has 3 N–H and O–H groups in total. The van der Waals surface area contributed by atoms with E-state index in [0.29, 0.717) is 12.1 Å². The number of hydrazone groups is 1. The normalized spacial score (nSPS) is 14.1. The molecule has 0 radical (unpaired) electrons. The smallest absolute Gasteiger partial charge is 0.314 e. The highest BCUT2D eigenvalue weighted by atomic mass is 32.2. The second-order valence-electron chi connectivity index (χ2n) is 6.33. The Labute approximate surface area is 165 Å². The molecular weight excluding hydrogens is 378 g/mol. The number of fused-ring (bicyclic) bond motifs is 1. The summed E-state index contributed by atoms with van der Waals surface area (Å²) < 4.78 is 0. The number of nitroso groups, excluding NO2 is 1. The molecule has 0 bridgehead atoms. The van der Waals surface area contributed by atoms with Crippen molar-refractivity contribution >= 4 is 40.2 Å². The summed E-state index contributed by atoms with van der Waals surface area (Å²) in [5.74, 6) is -0.890. The molecule has 0 spiro atoms. The third kappa shape index (κ3) is 4.08. The minimum absolute atomic E-state index is 0. The van der Waals surface area contributed by atoms with Crippen LogP contribution in [0.5, 0.6) is 0 Å². The van der Waals surface area contributed by atoms with E-state index in [4.69, 9.17) is 5.11 Å². The molecule has 8 heteroatoms. The molecule has 0 aromatic heterocycles. The molecule has 2 aliphatic rings. The Morgan fingerprint density at radius 1 is 1.18 bits per heavy atom. The number of rotatable bonds is 5. The van der Waals surface area contributed by atoms with Crippen molar-refractivity contribution in [2.24, 2.45) is 10.3 Å². The fourth-order valence-electron chi connectivity index (χ4n) is 3.19. The van der Waals surface area contributed by atoms with E-state index in [1.54, 1.807) is 12.1 Å². The van der Waals surface area contributed by atoms with Crippen molar-refractivity contribution < 1.29 is 20.5 Å². The van der Waals surface area contributed by atoms with Crippen LogP contribution in [0.15, 0.2) is 52.8 Å². The summed E-state index contributed by atoms with van der Waals surface area (Å²) in [4.78, 5) is 21.9. The van der Waals surface area contributed by atoms with Gasteiger partial charge in [0.05, 0.1) is 6.42 Å². The van der Waals surface area contributed by atoms with Crippen LogP contribution in [0.2, 0.25) is 0 Å². The van der Waals surface area contributed by atoms with Crippen molar-refractivity contribution in [3.05, 3.63) is 64.1 Å². The molecule has 1 heterocycles. The number of nitrogens with zero attached hydrogens (tertiary/aromatic N) is 2. The van der Waals surface area contributed by atoms with Crippen molar-refractivity contribution in [1.82, 2.24) is 0 Å². The highest BCUT2D eigenvalue weighted by Crippen LogP contribution is 2.31. The number of carboxylic acids is 1. The molecule has 1 aliphatic heterocycles. The van der Waals surface area contributed by atoms with Crippen LogP contribution in [0.3, 0.4) is 0 Å². The molecule has 4 rings (SSSR count). The number of hydrogen-bond donors (Lipinski definition) is 2. The van der Waals surface area contributed by atoms with Crippen molar-refractivity contribution in [3.8, 4) is 11.1 Å². The van der Waals surface area contributed by atoms with E-state index in [-0.39, 0.29) is 11.2 Å². The van der Waals surface area contributed by atoms with Crippen molar-refractivity contribution in [1.29, 1.82) is 0 Å². The first-order chi connectivity index (χ1) is 13.1. The summed E-state index contributed by atoms with van der Waals surface area (Å²) in [6.45, 7) is 0. The van der Waals surface area contributed by atoms with Crippen molar-refractivity contribution in [2.45, 2.75) is 12.8 Å². The van der Waals surface area contributed by atoms with Crippen LogP contribution >= 0.6 is 11.8 Å². The maximum atomic E-state index is 11.2. The second-order valence-corrected chi connectivity index (χ2v) is 7.40. The van der Waals surface area contributed by atoms with Gasteiger partial charge < -0.3 is 10.6 Å². The van der Waals surface area contributed by atoms with Gasteiger partial charge in [-0.05, 0) is 68.9 Å². The molecule has 0 saturated carbocycles. The number of aliphatic carboxylic acids is 1. The number of allylic oxidation sites excluding steroid dienone is 1. The molecule has 0 atom stereocenters. The molecule has 2 aromatic carbocycles. The van der Waals surface area contributed by atoms with Crippen LogP contribution in [-0.4, -0.2) is 33.1 Å². The number of benzene rings is 2. The number of hydrogen-bond acceptors (Lipinski definition) is 6. The highest BCUT2D eigenvalue weighted by molar-refractivity contribution is 8.14. The van der Waals surface area contributed by atoms with Crippen molar-refractivity contribution in [3.63, 3.8) is 0 Å². The Morgan fingerprint density at radius 3 is 2.79 bits per heavy atom. The van der Waals surface area contributed by atoms with E-state index >= 15 is 0 Å². The van der Waals surface area contributed by atoms with Gasteiger partial charge in [0.25, 0.3) is 0 Å². The zero-order valence-electron chi connectivity index (χ0n) is 14.8. The van der Waals surface area contributed by atoms with E-state index < -0.39 is 5.97 Å². The Kier molecular flexibility index (Phi) is 5.81. The minimum Gasteiger partial charge on any atom is -0.870 e. The molecule has 28 heavy (non-hydrogen) atoms. The molecule has 0 saturated heterocycles. The van der Waals surface area contributed by atoms with Crippen LogP contribution in [-0.2, 0) is 11.2 Å². The summed E-state index contributed by atoms with van der Waals surface area (Å²) in [6, 6.07) is 11.7. The summed E-state index contributed by atoms with van der Waals surface area (Å²) in [5, 5.41) is 19.9. The lowest BCUT2D eigenvalue weighted by molar-refractivity contribution is -0.455. The largest absolute Gasteiger partial charge is 0.870 e. The monoisotopic (exact) mass is 395 g/mol. The van der Waals surface area contributed by atoms with Crippen LogP contribution in [0.1, 0.15) is 23.1 Å². The first-order valence-electron chi connectivity index (χ1n) is 8.44. The SMILES string of the molecule is O=Nc1cc(C2=N[NH+]=C(SCC(=O)O)C2)cc(-c2ccc3c(c2)CC=C3)c1.[OH-]. The van der Waals surface area contributed by atoms with Crippen LogP contribution in [0, 0.1) is 4.91 Å². The average Bonchev–Trinajstić information content (AvgIpc) is 3.34. The topological polar surface area (TPSA) is 123 Å². The fraction of sp³-hybridized carbons (Fsp3) is 0.150. The zero-order chi connectivity index (χ0) is 18.8. The molecule has 1 aliphatic carbocycles. The Bertz CT molecular complexity index is 1040. The van der Waals surface area contributed by atoms with Gasteiger partial charge in [0.2, 0.25) is 5.04 Å². The summed E-state index contributed by atoms with van der Waals surface area (Å²) in [7, 11) is 0. The first-order valence-corrected chi connectivity index (χ1v) is 9.42. The van der Waals surface area contributed by atoms with Gasteiger partial charge in [-0.15, -0.1) is 4.91 Å². The molecular formula is C20H17N3O4S. The molecule has 142 valence electrons. The minimum atomic E-state index is -0.872. The van der Waals surface area contributed by atoms with E-state index in [1.807, 2.05) is 12.1 Å². The van der Waals surface area contributed by atoms with E-state index in [9.17, 15) is 9.70 Å². The third-order valence-corrected chi connectivity index (χ3v) is 5.46. The number of nitrogens with one attached hydrogen (secondary N) is 1. The van der Waals surface area contributed by atoms with Gasteiger partial charge in [0, 0.05) is 5.56 Å². The lowest BCUT2D eigenvalue weighted by Gasteiger charge is -2.08. The van der Waals surface area contributed by atoms with Gasteiger partial charge in [-0.2, -0.15) is 0 Å². The maximum absolute atomic E-state index is 11.2. The van der Waals surface area contributed by atoms with Gasteiger partial charge >= 0.3 is 5.97 Å². The van der Waals surface area contributed by atoms with Crippen LogP contribution in [0.4, 0.5) is 5.69 Å². The first kappa shape index (κ1) is 19.7. The van der Waals surface area contributed by atoms with Gasteiger partial charge in [-0.3, -0.25) is 4.79 Å². The standard InChI is InChI=1S/C20H15N3O3S.H2O/c24-20(25)11-27-19-10-18(21-22-19)16-7-15(8-17(9-16)23-26)14-5-4-12-2-1-3-13(12)6-14;/h1-2,4-9H,3,10-11H2,(H,24,25);1H2. The number of carboxylic acid groups (broad SMARTS) is 1. The molecule has 2 aromatic rings. The molecule has 0 unspecified atom stereocenters. The quantitative estimate of drug-likeness (QED) is 0.753. The molecule has 0 fully saturated rings. The van der Waals surface area contributed by atoms with Gasteiger partial charge in [0.15, 0.2) is 0 Å². The third-order valence-electron chi connectivity index (χ3n) is 4.48. The van der Waals surface area contributed by atoms with Gasteiger partial charge in [0.1, 0.15) is 17.2 Å².